The highest BCUT2D eigenvalue weighted by atomic mass is 32.1. The number of carbonyl (C=O) groups excluding carboxylic acids is 2. The van der Waals surface area contributed by atoms with E-state index >= 15 is 0 Å². The molecular formula is C27H21N3O5S. The summed E-state index contributed by atoms with van der Waals surface area (Å²) in [7, 11) is 1.55. The third kappa shape index (κ3) is 4.56. The van der Waals surface area contributed by atoms with Gasteiger partial charge in [0.1, 0.15) is 18.1 Å². The summed E-state index contributed by atoms with van der Waals surface area (Å²) in [5, 5.41) is 2.88. The standard InChI is InChI=1S/C27H21N3O5S/c1-17(31)30(23-10-5-6-11-25(23)33-2)27-28-18(16-36-27)15-35-26(32)20-14-22(24-12-7-13-34-24)29-21-9-4-3-8-19(20)21/h3-14,16H,15H2,1-2H3. The highest BCUT2D eigenvalue weighted by Crippen LogP contribution is 2.35. The molecule has 0 spiro atoms. The van der Waals surface area contributed by atoms with E-state index in [2.05, 4.69) is 9.97 Å². The van der Waals surface area contributed by atoms with Crippen molar-refractivity contribution in [3.63, 3.8) is 0 Å². The molecule has 0 radical (unpaired) electrons. The third-order valence-electron chi connectivity index (χ3n) is 5.43. The number of anilines is 2. The third-order valence-corrected chi connectivity index (χ3v) is 6.31. The minimum absolute atomic E-state index is 0.0558. The summed E-state index contributed by atoms with van der Waals surface area (Å²) in [5.41, 5.74) is 2.67. The number of furan rings is 1. The molecule has 2 aromatic carbocycles. The monoisotopic (exact) mass is 499 g/mol. The van der Waals surface area contributed by atoms with Crippen molar-refractivity contribution < 1.29 is 23.5 Å². The molecule has 180 valence electrons. The molecule has 0 atom stereocenters. The minimum Gasteiger partial charge on any atom is -0.495 e. The minimum atomic E-state index is -0.510. The van der Waals surface area contributed by atoms with Crippen LogP contribution < -0.4 is 9.64 Å². The van der Waals surface area contributed by atoms with Gasteiger partial charge in [-0.25, -0.2) is 14.8 Å². The number of ether oxygens (including phenoxy) is 2. The van der Waals surface area contributed by atoms with Gasteiger partial charge in [-0.15, -0.1) is 11.3 Å². The van der Waals surface area contributed by atoms with E-state index in [9.17, 15) is 9.59 Å². The number of nitrogens with zero attached hydrogens (tertiary/aromatic N) is 3. The average molecular weight is 500 g/mol. The molecular weight excluding hydrogens is 478 g/mol. The molecule has 0 fully saturated rings. The van der Waals surface area contributed by atoms with Crippen LogP contribution in [0.1, 0.15) is 23.0 Å². The van der Waals surface area contributed by atoms with Gasteiger partial charge in [0.15, 0.2) is 10.9 Å². The summed E-state index contributed by atoms with van der Waals surface area (Å²) >= 11 is 1.28. The summed E-state index contributed by atoms with van der Waals surface area (Å²) in [6, 6.07) is 19.8. The van der Waals surface area contributed by atoms with Gasteiger partial charge in [-0.2, -0.15) is 0 Å². The molecule has 5 aromatic rings. The van der Waals surface area contributed by atoms with Crippen molar-refractivity contribution in [1.82, 2.24) is 9.97 Å². The molecule has 0 aliphatic carbocycles. The highest BCUT2D eigenvalue weighted by Gasteiger charge is 2.22. The smallest absolute Gasteiger partial charge is 0.339 e. The Balaban J connectivity index is 1.39. The van der Waals surface area contributed by atoms with Gasteiger partial charge in [-0.05, 0) is 36.4 Å². The second kappa shape index (κ2) is 10.0. The highest BCUT2D eigenvalue weighted by molar-refractivity contribution is 7.14. The first-order valence-corrected chi connectivity index (χ1v) is 11.9. The van der Waals surface area contributed by atoms with E-state index in [1.54, 1.807) is 49.1 Å². The fraction of sp³-hybridized carbons (Fsp3) is 0.111. The van der Waals surface area contributed by atoms with Crippen molar-refractivity contribution in [3.05, 3.63) is 89.6 Å². The van der Waals surface area contributed by atoms with Crippen LogP contribution in [0.3, 0.4) is 0 Å². The maximum Gasteiger partial charge on any atom is 0.339 e. The Morgan fingerprint density at radius 2 is 1.83 bits per heavy atom. The molecule has 0 aliphatic rings. The van der Waals surface area contributed by atoms with Gasteiger partial charge in [0.2, 0.25) is 5.91 Å². The summed E-state index contributed by atoms with van der Waals surface area (Å²) in [5.74, 6) is 0.377. The molecule has 8 nitrogen and oxygen atoms in total. The maximum absolute atomic E-state index is 13.1. The summed E-state index contributed by atoms with van der Waals surface area (Å²) in [4.78, 5) is 36.2. The Kier molecular flexibility index (Phi) is 6.46. The van der Waals surface area contributed by atoms with Gasteiger partial charge >= 0.3 is 5.97 Å². The summed E-state index contributed by atoms with van der Waals surface area (Å²) in [6.45, 7) is 1.40. The van der Waals surface area contributed by atoms with Crippen LogP contribution in [-0.2, 0) is 16.1 Å². The Labute approximate surface area is 210 Å². The van der Waals surface area contributed by atoms with E-state index in [1.165, 1.54) is 23.2 Å². The van der Waals surface area contributed by atoms with Gasteiger partial charge in [0.05, 0.1) is 35.8 Å². The predicted octanol–water partition coefficient (Wildman–Crippen LogP) is 6.00. The van der Waals surface area contributed by atoms with E-state index in [-0.39, 0.29) is 12.5 Å². The number of carbonyl (C=O) groups is 2. The first-order chi connectivity index (χ1) is 17.5. The first-order valence-electron chi connectivity index (χ1n) is 11.0. The Hall–Kier alpha value is -4.50. The van der Waals surface area contributed by atoms with Gasteiger partial charge in [-0.3, -0.25) is 9.69 Å². The quantitative estimate of drug-likeness (QED) is 0.253. The molecule has 0 saturated heterocycles. The predicted molar refractivity (Wildman–Crippen MR) is 136 cm³/mol. The number of benzene rings is 2. The molecule has 36 heavy (non-hydrogen) atoms. The van der Waals surface area contributed by atoms with Crippen molar-refractivity contribution in [3.8, 4) is 17.2 Å². The van der Waals surface area contributed by atoms with E-state index in [0.717, 1.165) is 0 Å². The zero-order chi connectivity index (χ0) is 25.1. The van der Waals surface area contributed by atoms with E-state index < -0.39 is 5.97 Å². The Bertz CT molecular complexity index is 1540. The van der Waals surface area contributed by atoms with Gasteiger partial charge in [0.25, 0.3) is 0 Å². The second-order valence-electron chi connectivity index (χ2n) is 7.77. The average Bonchev–Trinajstić information content (AvgIpc) is 3.60. The number of esters is 1. The van der Waals surface area contributed by atoms with E-state index in [0.29, 0.717) is 50.2 Å². The summed E-state index contributed by atoms with van der Waals surface area (Å²) in [6.07, 6.45) is 1.55. The number of pyridine rings is 1. The second-order valence-corrected chi connectivity index (χ2v) is 8.61. The normalized spacial score (nSPS) is 10.8. The summed E-state index contributed by atoms with van der Waals surface area (Å²) < 4.78 is 16.5. The van der Waals surface area contributed by atoms with Crippen molar-refractivity contribution in [2.24, 2.45) is 0 Å². The lowest BCUT2D eigenvalue weighted by Gasteiger charge is -2.20. The first kappa shape index (κ1) is 23.3. The number of thiazole rings is 1. The van der Waals surface area contributed by atoms with Crippen LogP contribution in [0.5, 0.6) is 5.75 Å². The van der Waals surface area contributed by atoms with Crippen molar-refractivity contribution in [2.45, 2.75) is 13.5 Å². The van der Waals surface area contributed by atoms with Gasteiger partial charge < -0.3 is 13.9 Å². The number of fused-ring (bicyclic) bond motifs is 1. The van der Waals surface area contributed by atoms with Crippen LogP contribution in [0.25, 0.3) is 22.4 Å². The number of amides is 1. The Morgan fingerprint density at radius 1 is 1.03 bits per heavy atom. The maximum atomic E-state index is 13.1. The Morgan fingerprint density at radius 3 is 2.61 bits per heavy atom. The lowest BCUT2D eigenvalue weighted by atomic mass is 10.1. The molecule has 0 aliphatic heterocycles. The van der Waals surface area contributed by atoms with Gasteiger partial charge in [0, 0.05) is 17.7 Å². The molecule has 3 aromatic heterocycles. The van der Waals surface area contributed by atoms with Crippen LogP contribution in [0.4, 0.5) is 10.8 Å². The lowest BCUT2D eigenvalue weighted by Crippen LogP contribution is -2.23. The van der Waals surface area contributed by atoms with Crippen LogP contribution in [0, 0.1) is 0 Å². The molecule has 1 amide bonds. The number of rotatable bonds is 7. The molecule has 0 unspecified atom stereocenters. The van der Waals surface area contributed by atoms with Crippen LogP contribution >= 0.6 is 11.3 Å². The van der Waals surface area contributed by atoms with E-state index in [1.807, 2.05) is 36.4 Å². The zero-order valence-electron chi connectivity index (χ0n) is 19.5. The molecule has 5 rings (SSSR count). The van der Waals surface area contributed by atoms with Gasteiger partial charge in [-0.1, -0.05) is 30.3 Å². The molecule has 0 bridgehead atoms. The molecule has 9 heteroatoms. The SMILES string of the molecule is COc1ccccc1N(C(C)=O)c1nc(COC(=O)c2cc(-c3ccco3)nc3ccccc23)cs1. The fourth-order valence-corrected chi connectivity index (χ4v) is 4.66. The van der Waals surface area contributed by atoms with Crippen LogP contribution in [-0.4, -0.2) is 29.0 Å². The van der Waals surface area contributed by atoms with Crippen LogP contribution in [0.2, 0.25) is 0 Å². The van der Waals surface area contributed by atoms with Crippen molar-refractivity contribution in [1.29, 1.82) is 0 Å². The van der Waals surface area contributed by atoms with Crippen molar-refractivity contribution in [2.75, 3.05) is 12.0 Å². The van der Waals surface area contributed by atoms with E-state index in [4.69, 9.17) is 13.9 Å². The largest absolute Gasteiger partial charge is 0.495 e. The van der Waals surface area contributed by atoms with Crippen LogP contribution in [0.15, 0.2) is 82.8 Å². The number of methoxy groups -OCH3 is 1. The lowest BCUT2D eigenvalue weighted by molar-refractivity contribution is -0.115. The topological polar surface area (TPSA) is 94.8 Å². The molecule has 0 saturated carbocycles. The number of hydrogen-bond donors (Lipinski definition) is 0. The fourth-order valence-electron chi connectivity index (χ4n) is 3.80. The zero-order valence-corrected chi connectivity index (χ0v) is 20.3. The number of aromatic nitrogens is 2. The van der Waals surface area contributed by atoms with Crippen molar-refractivity contribution >= 4 is 44.9 Å². The molecule has 0 N–H and O–H groups in total. The number of hydrogen-bond acceptors (Lipinski definition) is 8. The number of para-hydroxylation sites is 3. The molecule has 3 heterocycles.